The molecule has 0 aliphatic rings. The lowest BCUT2D eigenvalue weighted by atomic mass is 9.84. The van der Waals surface area contributed by atoms with Gasteiger partial charge in [-0.1, -0.05) is 91.0 Å². The van der Waals surface area contributed by atoms with Crippen LogP contribution in [0.5, 0.6) is 0 Å². The number of hydrogen-bond donors (Lipinski definition) is 2. The third kappa shape index (κ3) is 7.77. The fourth-order valence-electron chi connectivity index (χ4n) is 5.04. The van der Waals surface area contributed by atoms with E-state index in [9.17, 15) is 9.59 Å². The zero-order valence-electron chi connectivity index (χ0n) is 24.9. The lowest BCUT2D eigenvalue weighted by Crippen LogP contribution is -2.49. The van der Waals surface area contributed by atoms with Crippen molar-refractivity contribution in [3.8, 4) is 11.1 Å². The van der Waals surface area contributed by atoms with Gasteiger partial charge in [0.1, 0.15) is 17.5 Å². The summed E-state index contributed by atoms with van der Waals surface area (Å²) in [5.41, 5.74) is 3.19. The van der Waals surface area contributed by atoms with E-state index >= 15 is 4.39 Å². The summed E-state index contributed by atoms with van der Waals surface area (Å²) in [4.78, 5) is 26.9. The summed E-state index contributed by atoms with van der Waals surface area (Å²) in [6, 6.07) is 32.2. The van der Waals surface area contributed by atoms with Gasteiger partial charge in [0.2, 0.25) is 5.91 Å². The lowest BCUT2D eigenvalue weighted by Gasteiger charge is -2.29. The van der Waals surface area contributed by atoms with Crippen molar-refractivity contribution in [1.29, 1.82) is 0 Å². The van der Waals surface area contributed by atoms with Crippen LogP contribution in [0.2, 0.25) is 0 Å². The maximum atomic E-state index is 15.4. The smallest absolute Gasteiger partial charge is 0.408 e. The molecule has 0 aliphatic heterocycles. The van der Waals surface area contributed by atoms with E-state index in [1.165, 1.54) is 6.07 Å². The maximum Gasteiger partial charge on any atom is 0.408 e. The summed E-state index contributed by atoms with van der Waals surface area (Å²) in [7, 11) is 0. The number of halogens is 1. The number of benzene rings is 4. The first-order chi connectivity index (χ1) is 21.2. The number of anilines is 1. The molecule has 0 unspecified atom stereocenters. The number of ether oxygens (including phenoxy) is 1. The van der Waals surface area contributed by atoms with Gasteiger partial charge in [0.25, 0.3) is 0 Å². The van der Waals surface area contributed by atoms with Crippen LogP contribution in [0.1, 0.15) is 43.4 Å². The van der Waals surface area contributed by atoms with Crippen molar-refractivity contribution >= 4 is 17.7 Å². The lowest BCUT2D eigenvalue weighted by molar-refractivity contribution is -0.118. The fraction of sp³-hybridized carbons (Fsp3) is 0.194. The monoisotopic (exact) mass is 590 g/mol. The molecule has 44 heavy (non-hydrogen) atoms. The predicted octanol–water partition coefficient (Wildman–Crippen LogP) is 7.40. The average molecular weight is 591 g/mol. The Kier molecular flexibility index (Phi) is 9.19. The highest BCUT2D eigenvalue weighted by molar-refractivity contribution is 5.98. The minimum absolute atomic E-state index is 0.254. The predicted molar refractivity (Wildman–Crippen MR) is 170 cm³/mol. The van der Waals surface area contributed by atoms with Crippen molar-refractivity contribution in [2.75, 3.05) is 5.32 Å². The molecular formula is C36H35FN4O3. The molecule has 0 radical (unpaired) electrons. The summed E-state index contributed by atoms with van der Waals surface area (Å²) >= 11 is 0. The molecule has 0 fully saturated rings. The standard InChI is InChI=1S/C36H35FN4O3/c1-36(2,3)44-35(43)40-33(32(26-15-9-5-10-16-26)27-17-11-6-12-18-27)34(42)39-29-19-20-30(31(37)21-29)28-22-38-41(24-28)23-25-13-7-4-8-14-25/h4-22,24,32-33H,23H2,1-3H3,(H,39,42)(H,40,43)/t33-/m0/s1. The molecule has 1 heterocycles. The normalized spacial score (nSPS) is 12.0. The second kappa shape index (κ2) is 13.4. The minimum atomic E-state index is -1.08. The number of carbonyl (C=O) groups excluding carboxylic acids is 2. The van der Waals surface area contributed by atoms with Gasteiger partial charge in [-0.25, -0.2) is 9.18 Å². The van der Waals surface area contributed by atoms with E-state index in [2.05, 4.69) is 15.7 Å². The van der Waals surface area contributed by atoms with Crippen LogP contribution in [0.15, 0.2) is 122 Å². The molecular weight excluding hydrogens is 555 g/mol. The number of nitrogens with one attached hydrogen (secondary N) is 2. The van der Waals surface area contributed by atoms with Crippen molar-refractivity contribution in [1.82, 2.24) is 15.1 Å². The molecule has 0 saturated carbocycles. The number of hydrogen-bond acceptors (Lipinski definition) is 4. The second-order valence-corrected chi connectivity index (χ2v) is 11.5. The summed E-state index contributed by atoms with van der Waals surface area (Å²) in [5.74, 6) is -1.58. The molecule has 0 aliphatic carbocycles. The maximum absolute atomic E-state index is 15.4. The van der Waals surface area contributed by atoms with E-state index in [1.807, 2.05) is 91.0 Å². The molecule has 0 spiro atoms. The number of nitrogens with zero attached hydrogens (tertiary/aromatic N) is 2. The highest BCUT2D eigenvalue weighted by Gasteiger charge is 2.34. The van der Waals surface area contributed by atoms with E-state index < -0.39 is 35.4 Å². The molecule has 5 aromatic rings. The van der Waals surface area contributed by atoms with Crippen molar-refractivity contribution in [3.05, 3.63) is 144 Å². The van der Waals surface area contributed by atoms with Crippen LogP contribution in [-0.2, 0) is 16.1 Å². The SMILES string of the molecule is CC(C)(C)OC(=O)N[C@H](C(=O)Nc1ccc(-c2cnn(Cc3ccccc3)c2)c(F)c1)C(c1ccccc1)c1ccccc1. The number of rotatable bonds is 9. The number of alkyl carbamates (subject to hydrolysis) is 1. The van der Waals surface area contributed by atoms with Gasteiger partial charge >= 0.3 is 6.09 Å². The van der Waals surface area contributed by atoms with Gasteiger partial charge in [-0.3, -0.25) is 9.48 Å². The van der Waals surface area contributed by atoms with Gasteiger partial charge in [0, 0.05) is 28.9 Å². The Bertz CT molecular complexity index is 1660. The van der Waals surface area contributed by atoms with Crippen LogP contribution in [-0.4, -0.2) is 33.4 Å². The highest BCUT2D eigenvalue weighted by Crippen LogP contribution is 2.30. The van der Waals surface area contributed by atoms with Crippen LogP contribution in [0, 0.1) is 5.82 Å². The molecule has 2 amide bonds. The fourth-order valence-corrected chi connectivity index (χ4v) is 5.04. The summed E-state index contributed by atoms with van der Waals surface area (Å²) in [6.07, 6.45) is 2.67. The Morgan fingerprint density at radius 1 is 0.864 bits per heavy atom. The van der Waals surface area contributed by atoms with Crippen molar-refractivity contribution in [2.45, 2.75) is 44.9 Å². The summed E-state index contributed by atoms with van der Waals surface area (Å²) in [5, 5.41) is 9.99. The van der Waals surface area contributed by atoms with E-state index in [1.54, 1.807) is 50.0 Å². The van der Waals surface area contributed by atoms with Crippen LogP contribution < -0.4 is 10.6 Å². The quantitative estimate of drug-likeness (QED) is 0.187. The highest BCUT2D eigenvalue weighted by atomic mass is 19.1. The Morgan fingerprint density at radius 2 is 1.45 bits per heavy atom. The van der Waals surface area contributed by atoms with Crippen molar-refractivity contribution in [3.63, 3.8) is 0 Å². The summed E-state index contributed by atoms with van der Waals surface area (Å²) < 4.78 is 22.7. The van der Waals surface area contributed by atoms with E-state index in [0.717, 1.165) is 16.7 Å². The number of amides is 2. The first-order valence-corrected chi connectivity index (χ1v) is 14.4. The Morgan fingerprint density at radius 3 is 2.02 bits per heavy atom. The second-order valence-electron chi connectivity index (χ2n) is 11.5. The molecule has 1 aromatic heterocycles. The van der Waals surface area contributed by atoms with Gasteiger partial charge < -0.3 is 15.4 Å². The van der Waals surface area contributed by atoms with Crippen LogP contribution in [0.3, 0.4) is 0 Å². The van der Waals surface area contributed by atoms with Gasteiger partial charge in [-0.05, 0) is 55.7 Å². The third-order valence-electron chi connectivity index (χ3n) is 6.97. The van der Waals surface area contributed by atoms with E-state index in [0.29, 0.717) is 17.7 Å². The number of aromatic nitrogens is 2. The van der Waals surface area contributed by atoms with Crippen LogP contribution >= 0.6 is 0 Å². The van der Waals surface area contributed by atoms with Crippen molar-refractivity contribution in [2.24, 2.45) is 0 Å². The molecule has 2 N–H and O–H groups in total. The van der Waals surface area contributed by atoms with Crippen molar-refractivity contribution < 1.29 is 18.7 Å². The molecule has 5 rings (SSSR count). The largest absolute Gasteiger partial charge is 0.444 e. The zero-order valence-corrected chi connectivity index (χ0v) is 24.9. The Balaban J connectivity index is 1.41. The Labute approximate surface area is 256 Å². The molecule has 0 bridgehead atoms. The Hall–Kier alpha value is -5.24. The molecule has 7 nitrogen and oxygen atoms in total. The molecule has 8 heteroatoms. The van der Waals surface area contributed by atoms with E-state index in [4.69, 9.17) is 4.74 Å². The first-order valence-electron chi connectivity index (χ1n) is 14.4. The minimum Gasteiger partial charge on any atom is -0.444 e. The molecule has 224 valence electrons. The van der Waals surface area contributed by atoms with Gasteiger partial charge in [0.05, 0.1) is 12.7 Å². The topological polar surface area (TPSA) is 85.2 Å². The van der Waals surface area contributed by atoms with Crippen LogP contribution in [0.25, 0.3) is 11.1 Å². The molecule has 4 aromatic carbocycles. The first kappa shape index (κ1) is 30.2. The number of carbonyl (C=O) groups is 2. The van der Waals surface area contributed by atoms with Crippen LogP contribution in [0.4, 0.5) is 14.9 Å². The average Bonchev–Trinajstić information content (AvgIpc) is 3.45. The van der Waals surface area contributed by atoms with E-state index in [-0.39, 0.29) is 5.69 Å². The van der Waals surface area contributed by atoms with Gasteiger partial charge in [0.15, 0.2) is 0 Å². The molecule has 1 atom stereocenters. The van der Waals surface area contributed by atoms with Gasteiger partial charge in [-0.2, -0.15) is 5.10 Å². The third-order valence-corrected chi connectivity index (χ3v) is 6.97. The molecule has 0 saturated heterocycles. The zero-order chi connectivity index (χ0) is 31.1. The van der Waals surface area contributed by atoms with Gasteiger partial charge in [-0.15, -0.1) is 0 Å². The summed E-state index contributed by atoms with van der Waals surface area (Å²) in [6.45, 7) is 5.82.